The second-order valence-electron chi connectivity index (χ2n) is 6.09. The van der Waals surface area contributed by atoms with E-state index in [9.17, 15) is 24.5 Å². The number of carbonyl (C=O) groups excluding carboxylic acids is 3. The lowest BCUT2D eigenvalue weighted by molar-refractivity contribution is -0.385. The van der Waals surface area contributed by atoms with Crippen LogP contribution in [0.15, 0.2) is 53.4 Å². The first-order valence-corrected chi connectivity index (χ1v) is 9.48. The number of methoxy groups -OCH3 is 1. The molecule has 0 aromatic heterocycles. The van der Waals surface area contributed by atoms with Crippen molar-refractivity contribution in [2.45, 2.75) is 6.61 Å². The monoisotopic (exact) mass is 428 g/mol. The number of para-hydroxylation sites is 1. The first-order chi connectivity index (χ1) is 14.4. The molecule has 3 rings (SSSR count). The summed E-state index contributed by atoms with van der Waals surface area (Å²) < 4.78 is 10.1. The zero-order valence-electron chi connectivity index (χ0n) is 15.8. The van der Waals surface area contributed by atoms with Gasteiger partial charge >= 0.3 is 5.97 Å². The summed E-state index contributed by atoms with van der Waals surface area (Å²) in [6, 6.07) is 13.0. The normalized spacial score (nSPS) is 14.8. The number of nitro benzene ring substituents is 1. The molecule has 0 radical (unpaired) electrons. The van der Waals surface area contributed by atoms with Crippen molar-refractivity contribution in [3.63, 3.8) is 0 Å². The molecule has 2 aromatic carbocycles. The van der Waals surface area contributed by atoms with Crippen LogP contribution in [0.25, 0.3) is 6.08 Å². The fourth-order valence-corrected chi connectivity index (χ4v) is 3.45. The number of ether oxygens (including phenoxy) is 2. The van der Waals surface area contributed by atoms with Gasteiger partial charge in [-0.15, -0.1) is 0 Å². The Labute approximate surface area is 175 Å². The van der Waals surface area contributed by atoms with Gasteiger partial charge in [-0.05, 0) is 41.6 Å². The van der Waals surface area contributed by atoms with Crippen molar-refractivity contribution in [1.29, 1.82) is 0 Å². The van der Waals surface area contributed by atoms with Gasteiger partial charge in [0.1, 0.15) is 18.9 Å². The SMILES string of the molecule is COC(=O)CN1C(=O)S/C(=C\c2ccc(OCc3ccccc3[N+](=O)[O-])cc2)C1=O. The summed E-state index contributed by atoms with van der Waals surface area (Å²) in [5.41, 5.74) is 1.08. The molecular formula is C20H16N2O7S. The number of imide groups is 1. The van der Waals surface area contributed by atoms with Gasteiger partial charge in [0, 0.05) is 6.07 Å². The minimum atomic E-state index is -0.682. The maximum Gasteiger partial charge on any atom is 0.325 e. The van der Waals surface area contributed by atoms with E-state index in [0.29, 0.717) is 16.9 Å². The van der Waals surface area contributed by atoms with Crippen molar-refractivity contribution < 1.29 is 28.8 Å². The summed E-state index contributed by atoms with van der Waals surface area (Å²) in [6.45, 7) is -0.403. The molecule has 0 bridgehead atoms. The predicted octanol–water partition coefficient (Wildman–Crippen LogP) is 3.38. The van der Waals surface area contributed by atoms with E-state index in [0.717, 1.165) is 16.7 Å². The van der Waals surface area contributed by atoms with Crippen LogP contribution in [0.3, 0.4) is 0 Å². The molecule has 2 amide bonds. The molecule has 0 N–H and O–H groups in total. The third-order valence-corrected chi connectivity index (χ3v) is 5.06. The van der Waals surface area contributed by atoms with Crippen LogP contribution in [-0.4, -0.2) is 40.6 Å². The minimum absolute atomic E-state index is 0.0169. The molecule has 9 nitrogen and oxygen atoms in total. The number of nitro groups is 1. The highest BCUT2D eigenvalue weighted by atomic mass is 32.2. The Morgan fingerprint density at radius 2 is 1.87 bits per heavy atom. The number of carbonyl (C=O) groups is 3. The largest absolute Gasteiger partial charge is 0.489 e. The van der Waals surface area contributed by atoms with E-state index in [2.05, 4.69) is 4.74 Å². The summed E-state index contributed by atoms with van der Waals surface area (Å²) in [5, 5.41) is 10.5. The molecule has 10 heteroatoms. The summed E-state index contributed by atoms with van der Waals surface area (Å²) >= 11 is 0.741. The van der Waals surface area contributed by atoms with Gasteiger partial charge in [-0.2, -0.15) is 0 Å². The predicted molar refractivity (Wildman–Crippen MR) is 109 cm³/mol. The van der Waals surface area contributed by atoms with Gasteiger partial charge in [-0.1, -0.05) is 24.3 Å². The van der Waals surface area contributed by atoms with E-state index in [1.54, 1.807) is 42.5 Å². The number of thioether (sulfide) groups is 1. The molecular weight excluding hydrogens is 412 g/mol. The quantitative estimate of drug-likeness (QED) is 0.285. The lowest BCUT2D eigenvalue weighted by Crippen LogP contribution is -2.34. The average molecular weight is 428 g/mol. The highest BCUT2D eigenvalue weighted by molar-refractivity contribution is 8.18. The molecule has 0 unspecified atom stereocenters. The van der Waals surface area contributed by atoms with Gasteiger partial charge in [0.15, 0.2) is 0 Å². The zero-order chi connectivity index (χ0) is 21.7. The Kier molecular flexibility index (Phi) is 6.48. The van der Waals surface area contributed by atoms with Crippen molar-refractivity contribution in [3.8, 4) is 5.75 Å². The highest BCUT2D eigenvalue weighted by Crippen LogP contribution is 2.32. The molecule has 1 aliphatic rings. The summed E-state index contributed by atoms with van der Waals surface area (Å²) in [4.78, 5) is 47.2. The molecule has 0 aliphatic carbocycles. The number of hydrogen-bond acceptors (Lipinski definition) is 8. The molecule has 30 heavy (non-hydrogen) atoms. The van der Waals surface area contributed by atoms with Gasteiger partial charge in [-0.25, -0.2) is 0 Å². The molecule has 1 heterocycles. The fourth-order valence-electron chi connectivity index (χ4n) is 2.61. The summed E-state index contributed by atoms with van der Waals surface area (Å²) in [6.07, 6.45) is 1.54. The molecule has 1 saturated heterocycles. The first kappa shape index (κ1) is 21.1. The van der Waals surface area contributed by atoms with Crippen LogP contribution < -0.4 is 4.74 Å². The van der Waals surface area contributed by atoms with Crippen LogP contribution in [0.2, 0.25) is 0 Å². The lowest BCUT2D eigenvalue weighted by atomic mass is 10.2. The number of nitrogens with zero attached hydrogens (tertiary/aromatic N) is 2. The van der Waals surface area contributed by atoms with Gasteiger partial charge in [0.25, 0.3) is 16.8 Å². The molecule has 0 spiro atoms. The molecule has 2 aromatic rings. The van der Waals surface area contributed by atoms with Gasteiger partial charge < -0.3 is 9.47 Å². The number of rotatable bonds is 7. The Morgan fingerprint density at radius 3 is 2.53 bits per heavy atom. The van der Waals surface area contributed by atoms with E-state index < -0.39 is 28.6 Å². The van der Waals surface area contributed by atoms with Crippen molar-refractivity contribution in [2.75, 3.05) is 13.7 Å². The van der Waals surface area contributed by atoms with Crippen molar-refractivity contribution in [2.24, 2.45) is 0 Å². The molecule has 154 valence electrons. The maximum atomic E-state index is 12.3. The van der Waals surface area contributed by atoms with Crippen LogP contribution in [0, 0.1) is 10.1 Å². The number of benzene rings is 2. The number of esters is 1. The zero-order valence-corrected chi connectivity index (χ0v) is 16.6. The molecule has 0 saturated carbocycles. The third-order valence-electron chi connectivity index (χ3n) is 4.15. The number of amides is 2. The van der Waals surface area contributed by atoms with E-state index in [4.69, 9.17) is 4.74 Å². The van der Waals surface area contributed by atoms with Gasteiger partial charge in [0.2, 0.25) is 0 Å². The molecule has 1 aliphatic heterocycles. The minimum Gasteiger partial charge on any atom is -0.489 e. The van der Waals surface area contributed by atoms with Crippen LogP contribution in [0.5, 0.6) is 5.75 Å². The van der Waals surface area contributed by atoms with Crippen LogP contribution in [0.1, 0.15) is 11.1 Å². The first-order valence-electron chi connectivity index (χ1n) is 8.66. The Hall–Kier alpha value is -3.66. The number of hydrogen-bond donors (Lipinski definition) is 0. The van der Waals surface area contributed by atoms with E-state index in [-0.39, 0.29) is 17.2 Å². The second kappa shape index (κ2) is 9.23. The highest BCUT2D eigenvalue weighted by Gasteiger charge is 2.36. The van der Waals surface area contributed by atoms with E-state index >= 15 is 0 Å². The Bertz CT molecular complexity index is 1030. The van der Waals surface area contributed by atoms with Crippen LogP contribution >= 0.6 is 11.8 Å². The van der Waals surface area contributed by atoms with Crippen LogP contribution in [-0.2, 0) is 20.9 Å². The second-order valence-corrected chi connectivity index (χ2v) is 7.08. The van der Waals surface area contributed by atoms with E-state index in [1.165, 1.54) is 19.3 Å². The van der Waals surface area contributed by atoms with Crippen molar-refractivity contribution in [3.05, 3.63) is 74.7 Å². The topological polar surface area (TPSA) is 116 Å². The summed E-state index contributed by atoms with van der Waals surface area (Å²) in [7, 11) is 1.18. The van der Waals surface area contributed by atoms with Crippen LogP contribution in [0.4, 0.5) is 10.5 Å². The maximum absolute atomic E-state index is 12.3. The molecule has 0 atom stereocenters. The summed E-state index contributed by atoms with van der Waals surface area (Å²) in [5.74, 6) is -0.755. The Balaban J connectivity index is 1.66. The average Bonchev–Trinajstić information content (AvgIpc) is 3.00. The Morgan fingerprint density at radius 1 is 1.17 bits per heavy atom. The lowest BCUT2D eigenvalue weighted by Gasteiger charge is -2.09. The third kappa shape index (κ3) is 4.84. The van der Waals surface area contributed by atoms with E-state index in [1.807, 2.05) is 0 Å². The smallest absolute Gasteiger partial charge is 0.325 e. The fraction of sp³-hybridized carbons (Fsp3) is 0.150. The molecule has 1 fully saturated rings. The van der Waals surface area contributed by atoms with Gasteiger partial charge in [-0.3, -0.25) is 29.4 Å². The van der Waals surface area contributed by atoms with Crippen molar-refractivity contribution in [1.82, 2.24) is 4.90 Å². The standard InChI is InChI=1S/C20H16N2O7S/c1-28-18(23)11-21-19(24)17(30-20(21)25)10-13-6-8-15(9-7-13)29-12-14-4-2-3-5-16(14)22(26)27/h2-10H,11-12H2,1H3/b17-10-. The van der Waals surface area contributed by atoms with Crippen molar-refractivity contribution >= 4 is 40.6 Å². The van der Waals surface area contributed by atoms with Gasteiger partial charge in [0.05, 0.1) is 22.5 Å².